The van der Waals surface area contributed by atoms with E-state index in [1.807, 2.05) is 27.6 Å². The summed E-state index contributed by atoms with van der Waals surface area (Å²) >= 11 is 6.26. The normalized spacial score (nSPS) is 18.7. The average molecular weight is 389 g/mol. The number of hydrogen-bond acceptors (Lipinski definition) is 3. The van der Waals surface area contributed by atoms with Crippen LogP contribution in [0.1, 0.15) is 68.1 Å². The molecule has 2 aliphatic rings. The Hall–Kier alpha value is -1.59. The summed E-state index contributed by atoms with van der Waals surface area (Å²) in [5.74, 6) is 0.0820. The molecule has 2 fully saturated rings. The summed E-state index contributed by atoms with van der Waals surface area (Å²) in [4.78, 5) is 22.6. The lowest BCUT2D eigenvalue weighted by Gasteiger charge is -2.25. The van der Waals surface area contributed by atoms with Crippen molar-refractivity contribution < 1.29 is 4.79 Å². The Morgan fingerprint density at radius 3 is 2.56 bits per heavy atom. The molecular weight excluding hydrogens is 360 g/mol. The second-order valence-electron chi connectivity index (χ2n) is 7.84. The van der Waals surface area contributed by atoms with Gasteiger partial charge in [-0.3, -0.25) is 9.69 Å². The SMILES string of the molecule is CCN(Cc1c(C(=O)N2CCCCCCC2)nc2ccc(Cl)cn12)C1CC1. The van der Waals surface area contributed by atoms with E-state index in [2.05, 4.69) is 11.8 Å². The Bertz CT molecular complexity index is 806. The zero-order valence-electron chi connectivity index (χ0n) is 16.2. The van der Waals surface area contributed by atoms with Gasteiger partial charge in [0, 0.05) is 31.9 Å². The first kappa shape index (κ1) is 18.8. The maximum absolute atomic E-state index is 13.4. The highest BCUT2D eigenvalue weighted by Gasteiger charge is 2.31. The van der Waals surface area contributed by atoms with Crippen molar-refractivity contribution in [3.05, 3.63) is 34.7 Å². The van der Waals surface area contributed by atoms with Crippen LogP contribution in [-0.2, 0) is 6.54 Å². The summed E-state index contributed by atoms with van der Waals surface area (Å²) in [6, 6.07) is 4.39. The van der Waals surface area contributed by atoms with Crippen molar-refractivity contribution in [1.82, 2.24) is 19.2 Å². The van der Waals surface area contributed by atoms with Gasteiger partial charge in [-0.25, -0.2) is 4.98 Å². The highest BCUT2D eigenvalue weighted by Crippen LogP contribution is 2.29. The number of amides is 1. The molecule has 2 aromatic rings. The smallest absolute Gasteiger partial charge is 0.274 e. The zero-order valence-corrected chi connectivity index (χ0v) is 16.9. The molecule has 0 N–H and O–H groups in total. The molecule has 1 saturated carbocycles. The number of nitrogens with zero attached hydrogens (tertiary/aromatic N) is 4. The molecule has 1 aliphatic carbocycles. The molecule has 4 rings (SSSR count). The maximum atomic E-state index is 13.4. The molecule has 0 radical (unpaired) electrons. The van der Waals surface area contributed by atoms with Gasteiger partial charge in [0.25, 0.3) is 5.91 Å². The van der Waals surface area contributed by atoms with Gasteiger partial charge >= 0.3 is 0 Å². The lowest BCUT2D eigenvalue weighted by Crippen LogP contribution is -2.35. The molecule has 0 atom stereocenters. The van der Waals surface area contributed by atoms with E-state index in [0.29, 0.717) is 16.8 Å². The van der Waals surface area contributed by atoms with Gasteiger partial charge in [0.1, 0.15) is 5.65 Å². The van der Waals surface area contributed by atoms with E-state index in [4.69, 9.17) is 16.6 Å². The van der Waals surface area contributed by atoms with Gasteiger partial charge in [0.15, 0.2) is 5.69 Å². The topological polar surface area (TPSA) is 40.9 Å². The molecule has 1 amide bonds. The largest absolute Gasteiger partial charge is 0.337 e. The molecule has 0 aromatic carbocycles. The first-order valence-corrected chi connectivity index (χ1v) is 10.7. The highest BCUT2D eigenvalue weighted by atomic mass is 35.5. The Labute approximate surface area is 166 Å². The first-order valence-electron chi connectivity index (χ1n) is 10.4. The minimum Gasteiger partial charge on any atom is -0.337 e. The Morgan fingerprint density at radius 1 is 1.19 bits per heavy atom. The summed E-state index contributed by atoms with van der Waals surface area (Å²) < 4.78 is 2.02. The maximum Gasteiger partial charge on any atom is 0.274 e. The fourth-order valence-corrected chi connectivity index (χ4v) is 4.28. The molecule has 5 nitrogen and oxygen atoms in total. The third kappa shape index (κ3) is 4.14. The average Bonchev–Trinajstić information content (AvgIpc) is 3.41. The fourth-order valence-electron chi connectivity index (χ4n) is 4.12. The molecule has 0 bridgehead atoms. The summed E-state index contributed by atoms with van der Waals surface area (Å²) in [5.41, 5.74) is 2.39. The molecule has 0 unspecified atom stereocenters. The van der Waals surface area contributed by atoms with E-state index < -0.39 is 0 Å². The van der Waals surface area contributed by atoms with Crippen molar-refractivity contribution in [2.75, 3.05) is 19.6 Å². The van der Waals surface area contributed by atoms with Crippen LogP contribution in [0.4, 0.5) is 0 Å². The molecule has 27 heavy (non-hydrogen) atoms. The van der Waals surface area contributed by atoms with Crippen molar-refractivity contribution in [3.63, 3.8) is 0 Å². The molecule has 1 aliphatic heterocycles. The van der Waals surface area contributed by atoms with Crippen LogP contribution in [0.15, 0.2) is 18.3 Å². The van der Waals surface area contributed by atoms with E-state index in [-0.39, 0.29) is 5.91 Å². The van der Waals surface area contributed by atoms with Crippen LogP contribution in [0.2, 0.25) is 5.02 Å². The van der Waals surface area contributed by atoms with Crippen molar-refractivity contribution in [2.24, 2.45) is 0 Å². The van der Waals surface area contributed by atoms with Gasteiger partial charge in [0.05, 0.1) is 10.7 Å². The van der Waals surface area contributed by atoms with Gasteiger partial charge in [-0.1, -0.05) is 37.8 Å². The zero-order chi connectivity index (χ0) is 18.8. The van der Waals surface area contributed by atoms with Crippen LogP contribution in [-0.4, -0.2) is 50.8 Å². The molecule has 1 saturated heterocycles. The number of hydrogen-bond donors (Lipinski definition) is 0. The molecule has 3 heterocycles. The number of carbonyl (C=O) groups excluding carboxylic acids is 1. The number of fused-ring (bicyclic) bond motifs is 1. The fraction of sp³-hybridized carbons (Fsp3) is 0.619. The van der Waals surface area contributed by atoms with Gasteiger partial charge in [-0.15, -0.1) is 0 Å². The van der Waals surface area contributed by atoms with Crippen LogP contribution in [0, 0.1) is 0 Å². The quantitative estimate of drug-likeness (QED) is 0.763. The summed E-state index contributed by atoms with van der Waals surface area (Å²) in [6.07, 6.45) is 10.3. The van der Waals surface area contributed by atoms with Gasteiger partial charge in [0.2, 0.25) is 0 Å². The Morgan fingerprint density at radius 2 is 1.89 bits per heavy atom. The van der Waals surface area contributed by atoms with E-state index in [0.717, 1.165) is 50.4 Å². The lowest BCUT2D eigenvalue weighted by molar-refractivity contribution is 0.0734. The predicted octanol–water partition coefficient (Wildman–Crippen LogP) is 4.38. The molecule has 0 spiro atoms. The Kier molecular flexibility index (Phi) is 5.69. The van der Waals surface area contributed by atoms with Crippen molar-refractivity contribution >= 4 is 23.2 Å². The van der Waals surface area contributed by atoms with Gasteiger partial charge < -0.3 is 9.30 Å². The van der Waals surface area contributed by atoms with Crippen molar-refractivity contribution in [2.45, 2.75) is 64.5 Å². The number of carbonyl (C=O) groups is 1. The number of likely N-dealkylation sites (tertiary alicyclic amines) is 1. The summed E-state index contributed by atoms with van der Waals surface area (Å²) in [7, 11) is 0. The molecular formula is C21H29ClN4O. The van der Waals surface area contributed by atoms with Gasteiger partial charge in [-0.05, 0) is 44.4 Å². The van der Waals surface area contributed by atoms with Crippen LogP contribution in [0.25, 0.3) is 5.65 Å². The number of aromatic nitrogens is 2. The third-order valence-electron chi connectivity index (χ3n) is 5.85. The number of imidazole rings is 1. The van der Waals surface area contributed by atoms with E-state index >= 15 is 0 Å². The van der Waals surface area contributed by atoms with Crippen LogP contribution >= 0.6 is 11.6 Å². The first-order chi connectivity index (χ1) is 13.2. The minimum absolute atomic E-state index is 0.0820. The highest BCUT2D eigenvalue weighted by molar-refractivity contribution is 6.30. The van der Waals surface area contributed by atoms with E-state index in [1.165, 1.54) is 32.1 Å². The van der Waals surface area contributed by atoms with Crippen LogP contribution in [0.5, 0.6) is 0 Å². The summed E-state index contributed by atoms with van der Waals surface area (Å²) in [6.45, 7) is 5.60. The predicted molar refractivity (Wildman–Crippen MR) is 108 cm³/mol. The third-order valence-corrected chi connectivity index (χ3v) is 6.07. The minimum atomic E-state index is 0.0820. The second-order valence-corrected chi connectivity index (χ2v) is 8.27. The van der Waals surface area contributed by atoms with E-state index in [9.17, 15) is 4.79 Å². The lowest BCUT2D eigenvalue weighted by atomic mass is 10.1. The van der Waals surface area contributed by atoms with Crippen molar-refractivity contribution in [3.8, 4) is 0 Å². The van der Waals surface area contributed by atoms with Crippen LogP contribution < -0.4 is 0 Å². The monoisotopic (exact) mass is 388 g/mol. The van der Waals surface area contributed by atoms with Gasteiger partial charge in [-0.2, -0.15) is 0 Å². The summed E-state index contributed by atoms with van der Waals surface area (Å²) in [5, 5.41) is 0.667. The molecule has 146 valence electrons. The van der Waals surface area contributed by atoms with Crippen molar-refractivity contribution in [1.29, 1.82) is 0 Å². The molecule has 6 heteroatoms. The van der Waals surface area contributed by atoms with Crippen LogP contribution in [0.3, 0.4) is 0 Å². The second kappa shape index (κ2) is 8.19. The van der Waals surface area contributed by atoms with E-state index in [1.54, 1.807) is 0 Å². The number of halogens is 1. The molecule has 2 aromatic heterocycles. The number of rotatable bonds is 5. The standard InChI is InChI=1S/C21H29ClN4O/c1-2-24(17-9-10-17)15-18-20(23-19-11-8-16(22)14-26(18)19)21(27)25-12-6-4-3-5-7-13-25/h8,11,14,17H,2-7,9-10,12-13,15H2,1H3. The number of pyridine rings is 1. The Balaban J connectivity index is 1.69.